The Kier molecular flexibility index (Phi) is 2.35. The Morgan fingerprint density at radius 3 is 2.25 bits per heavy atom. The van der Waals surface area contributed by atoms with E-state index in [0.717, 1.165) is 18.4 Å². The molecule has 0 radical (unpaired) electrons. The van der Waals surface area contributed by atoms with E-state index in [1.54, 1.807) is 0 Å². The largest absolute Gasteiger partial charge is 0.395 e. The third kappa shape index (κ3) is 1.49. The summed E-state index contributed by atoms with van der Waals surface area (Å²) in [5.41, 5.74) is 0. The zero-order chi connectivity index (χ0) is 8.55. The van der Waals surface area contributed by atoms with Crippen molar-refractivity contribution in [3.8, 4) is 0 Å². The maximum Gasteiger partial charge on any atom is 0.0558 e. The molecule has 70 valence electrons. The van der Waals surface area contributed by atoms with Crippen LogP contribution in [0.25, 0.3) is 0 Å². The predicted molar refractivity (Wildman–Crippen MR) is 48.0 cm³/mol. The molecule has 2 unspecified atom stereocenters. The van der Waals surface area contributed by atoms with Crippen molar-refractivity contribution in [1.29, 1.82) is 0 Å². The van der Waals surface area contributed by atoms with E-state index in [2.05, 4.69) is 16.8 Å². The van der Waals surface area contributed by atoms with Crippen LogP contribution in [0.3, 0.4) is 0 Å². The molecule has 1 N–H and O–H groups in total. The Morgan fingerprint density at radius 1 is 1.17 bits per heavy atom. The van der Waals surface area contributed by atoms with Gasteiger partial charge in [-0.05, 0) is 18.9 Å². The third-order valence-electron chi connectivity index (χ3n) is 3.16. The van der Waals surface area contributed by atoms with Gasteiger partial charge in [0.1, 0.15) is 0 Å². The SMILES string of the molecule is CN1CC2CN(CCO)CC2C1. The van der Waals surface area contributed by atoms with Gasteiger partial charge in [-0.1, -0.05) is 0 Å². The van der Waals surface area contributed by atoms with Gasteiger partial charge in [0.25, 0.3) is 0 Å². The van der Waals surface area contributed by atoms with Gasteiger partial charge in [0.15, 0.2) is 0 Å². The van der Waals surface area contributed by atoms with Crippen LogP contribution < -0.4 is 0 Å². The summed E-state index contributed by atoms with van der Waals surface area (Å²) in [4.78, 5) is 4.81. The van der Waals surface area contributed by atoms with Gasteiger partial charge in [0.05, 0.1) is 6.61 Å². The Labute approximate surface area is 74.0 Å². The van der Waals surface area contributed by atoms with Gasteiger partial charge in [-0.15, -0.1) is 0 Å². The van der Waals surface area contributed by atoms with Crippen molar-refractivity contribution in [2.24, 2.45) is 11.8 Å². The molecule has 0 aromatic rings. The molecule has 2 aliphatic heterocycles. The molecule has 2 saturated heterocycles. The molecule has 0 bridgehead atoms. The molecule has 2 fully saturated rings. The monoisotopic (exact) mass is 170 g/mol. The van der Waals surface area contributed by atoms with E-state index >= 15 is 0 Å². The number of rotatable bonds is 2. The molecule has 0 aromatic carbocycles. The average Bonchev–Trinajstić information content (AvgIpc) is 2.44. The lowest BCUT2D eigenvalue weighted by molar-refractivity contribution is 0.205. The first-order valence-electron chi connectivity index (χ1n) is 4.81. The fourth-order valence-electron chi connectivity index (χ4n) is 2.65. The quantitative estimate of drug-likeness (QED) is 0.603. The Bertz CT molecular complexity index is 149. The van der Waals surface area contributed by atoms with Crippen LogP contribution in [0.15, 0.2) is 0 Å². The van der Waals surface area contributed by atoms with E-state index in [-0.39, 0.29) is 0 Å². The molecule has 2 rings (SSSR count). The van der Waals surface area contributed by atoms with E-state index in [9.17, 15) is 0 Å². The first-order chi connectivity index (χ1) is 5.79. The van der Waals surface area contributed by atoms with E-state index < -0.39 is 0 Å². The molecule has 2 aliphatic rings. The highest BCUT2D eigenvalue weighted by molar-refractivity contribution is 4.91. The molecule has 2 heterocycles. The van der Waals surface area contributed by atoms with Gasteiger partial charge in [-0.3, -0.25) is 0 Å². The van der Waals surface area contributed by atoms with Crippen LogP contribution in [0.4, 0.5) is 0 Å². The van der Waals surface area contributed by atoms with Crippen molar-refractivity contribution >= 4 is 0 Å². The summed E-state index contributed by atoms with van der Waals surface area (Å²) in [5, 5.41) is 8.79. The normalized spacial score (nSPS) is 37.5. The molecule has 0 amide bonds. The molecule has 0 aliphatic carbocycles. The van der Waals surface area contributed by atoms with Gasteiger partial charge in [-0.2, -0.15) is 0 Å². The van der Waals surface area contributed by atoms with Crippen molar-refractivity contribution < 1.29 is 5.11 Å². The topological polar surface area (TPSA) is 26.7 Å². The number of likely N-dealkylation sites (tertiary alicyclic amines) is 2. The van der Waals surface area contributed by atoms with E-state index in [1.807, 2.05) is 0 Å². The number of aliphatic hydroxyl groups is 1. The summed E-state index contributed by atoms with van der Waals surface area (Å²) in [6.07, 6.45) is 0. The maximum absolute atomic E-state index is 8.79. The molecule has 3 nitrogen and oxygen atoms in total. The van der Waals surface area contributed by atoms with Gasteiger partial charge in [0, 0.05) is 32.7 Å². The van der Waals surface area contributed by atoms with Crippen LogP contribution in [0.2, 0.25) is 0 Å². The molecular formula is C9H18N2O. The number of aliphatic hydroxyl groups excluding tert-OH is 1. The lowest BCUT2D eigenvalue weighted by atomic mass is 10.0. The maximum atomic E-state index is 8.79. The van der Waals surface area contributed by atoms with Crippen molar-refractivity contribution in [3.05, 3.63) is 0 Å². The summed E-state index contributed by atoms with van der Waals surface area (Å²) in [7, 11) is 2.20. The van der Waals surface area contributed by atoms with Crippen molar-refractivity contribution in [2.45, 2.75) is 0 Å². The average molecular weight is 170 g/mol. The van der Waals surface area contributed by atoms with Gasteiger partial charge in [0.2, 0.25) is 0 Å². The highest BCUT2D eigenvalue weighted by atomic mass is 16.3. The van der Waals surface area contributed by atoms with E-state index in [1.165, 1.54) is 26.2 Å². The molecule has 2 atom stereocenters. The number of hydrogen-bond acceptors (Lipinski definition) is 3. The second-order valence-electron chi connectivity index (χ2n) is 4.22. The minimum absolute atomic E-state index is 0.315. The van der Waals surface area contributed by atoms with Gasteiger partial charge < -0.3 is 14.9 Å². The lowest BCUT2D eigenvalue weighted by Crippen LogP contribution is -2.29. The van der Waals surface area contributed by atoms with E-state index in [4.69, 9.17) is 5.11 Å². The van der Waals surface area contributed by atoms with Gasteiger partial charge >= 0.3 is 0 Å². The molecule has 12 heavy (non-hydrogen) atoms. The number of β-amino-alcohol motifs (C(OH)–C–C–N with tert-alkyl or cyclic N) is 1. The molecule has 3 heteroatoms. The van der Waals surface area contributed by atoms with Crippen LogP contribution in [-0.4, -0.2) is 61.3 Å². The Balaban J connectivity index is 1.85. The first-order valence-corrected chi connectivity index (χ1v) is 4.81. The van der Waals surface area contributed by atoms with Gasteiger partial charge in [-0.25, -0.2) is 0 Å². The fourth-order valence-corrected chi connectivity index (χ4v) is 2.65. The summed E-state index contributed by atoms with van der Waals surface area (Å²) in [6, 6.07) is 0. The minimum atomic E-state index is 0.315. The van der Waals surface area contributed by atoms with Crippen molar-refractivity contribution in [1.82, 2.24) is 9.80 Å². The zero-order valence-corrected chi connectivity index (χ0v) is 7.74. The van der Waals surface area contributed by atoms with Crippen molar-refractivity contribution in [3.63, 3.8) is 0 Å². The Morgan fingerprint density at radius 2 is 1.75 bits per heavy atom. The number of hydrogen-bond donors (Lipinski definition) is 1. The minimum Gasteiger partial charge on any atom is -0.395 e. The smallest absolute Gasteiger partial charge is 0.0558 e. The second-order valence-corrected chi connectivity index (χ2v) is 4.22. The highest BCUT2D eigenvalue weighted by Gasteiger charge is 2.37. The van der Waals surface area contributed by atoms with Crippen LogP contribution in [-0.2, 0) is 0 Å². The Hall–Kier alpha value is -0.120. The molecule has 0 saturated carbocycles. The zero-order valence-electron chi connectivity index (χ0n) is 7.74. The van der Waals surface area contributed by atoms with Crippen molar-refractivity contribution in [2.75, 3.05) is 46.4 Å². The van der Waals surface area contributed by atoms with Crippen LogP contribution >= 0.6 is 0 Å². The summed E-state index contributed by atoms with van der Waals surface area (Å²) in [5.74, 6) is 1.75. The second kappa shape index (κ2) is 3.32. The summed E-state index contributed by atoms with van der Waals surface area (Å²) >= 11 is 0. The number of fused-ring (bicyclic) bond motifs is 1. The molecular weight excluding hydrogens is 152 g/mol. The third-order valence-corrected chi connectivity index (χ3v) is 3.16. The lowest BCUT2D eigenvalue weighted by Gasteiger charge is -2.17. The highest BCUT2D eigenvalue weighted by Crippen LogP contribution is 2.29. The van der Waals surface area contributed by atoms with Crippen LogP contribution in [0, 0.1) is 11.8 Å². The molecule has 0 spiro atoms. The standard InChI is InChI=1S/C9H18N2O/c1-10-4-8-6-11(2-3-12)7-9(8)5-10/h8-9,12H,2-7H2,1H3. The summed E-state index contributed by atoms with van der Waals surface area (Å²) in [6.45, 7) is 6.11. The summed E-state index contributed by atoms with van der Waals surface area (Å²) < 4.78 is 0. The first kappa shape index (κ1) is 8.48. The predicted octanol–water partition coefficient (Wildman–Crippen LogP) is -0.528. The van der Waals surface area contributed by atoms with Crippen LogP contribution in [0.1, 0.15) is 0 Å². The molecule has 0 aromatic heterocycles. The number of nitrogens with zero attached hydrogens (tertiary/aromatic N) is 2. The van der Waals surface area contributed by atoms with E-state index in [0.29, 0.717) is 6.61 Å². The van der Waals surface area contributed by atoms with Crippen LogP contribution in [0.5, 0.6) is 0 Å². The fraction of sp³-hybridized carbons (Fsp3) is 1.00.